The number of benzene rings is 4. The molecule has 4 aromatic carbocycles. The molecule has 2 saturated heterocycles. The highest BCUT2D eigenvalue weighted by atomic mass is 32.2. The predicted octanol–water partition coefficient (Wildman–Crippen LogP) is 7.22. The zero-order valence-corrected chi connectivity index (χ0v) is 25.7. The molecular formula is C36H42N4S. The third-order valence-corrected chi connectivity index (χ3v) is 9.57. The highest BCUT2D eigenvalue weighted by molar-refractivity contribution is 7.99. The monoisotopic (exact) mass is 562 g/mol. The van der Waals surface area contributed by atoms with Crippen LogP contribution >= 0.6 is 11.8 Å². The van der Waals surface area contributed by atoms with Gasteiger partial charge in [-0.05, 0) is 85.3 Å². The van der Waals surface area contributed by atoms with Gasteiger partial charge < -0.3 is 20.4 Å². The zero-order chi connectivity index (χ0) is 28.3. The van der Waals surface area contributed by atoms with Gasteiger partial charge in [0.1, 0.15) is 0 Å². The third-order valence-electron chi connectivity index (χ3n) is 8.44. The van der Waals surface area contributed by atoms with Crippen LogP contribution in [-0.4, -0.2) is 52.4 Å². The number of hydrogen-bond donors (Lipinski definition) is 2. The molecule has 41 heavy (non-hydrogen) atoms. The largest absolute Gasteiger partial charge is 0.368 e. The van der Waals surface area contributed by atoms with Crippen LogP contribution in [0.2, 0.25) is 0 Å². The number of rotatable bonds is 6. The summed E-state index contributed by atoms with van der Waals surface area (Å²) in [6.07, 6.45) is 0. The summed E-state index contributed by atoms with van der Waals surface area (Å²) >= 11 is 1.93. The molecule has 2 aliphatic rings. The minimum atomic E-state index is 1.02. The molecular weight excluding hydrogens is 520 g/mol. The Kier molecular flexibility index (Phi) is 8.38. The van der Waals surface area contributed by atoms with E-state index in [1.54, 1.807) is 0 Å². The lowest BCUT2D eigenvalue weighted by atomic mass is 9.98. The lowest BCUT2D eigenvalue weighted by molar-refractivity contribution is 0.586. The van der Waals surface area contributed by atoms with Crippen molar-refractivity contribution in [1.29, 1.82) is 0 Å². The Morgan fingerprint density at radius 1 is 0.512 bits per heavy atom. The molecule has 0 bridgehead atoms. The van der Waals surface area contributed by atoms with Crippen LogP contribution in [0.15, 0.2) is 82.6 Å². The molecule has 0 atom stereocenters. The fourth-order valence-electron chi connectivity index (χ4n) is 6.24. The van der Waals surface area contributed by atoms with E-state index in [9.17, 15) is 0 Å². The van der Waals surface area contributed by atoms with Crippen molar-refractivity contribution in [1.82, 2.24) is 10.6 Å². The minimum Gasteiger partial charge on any atom is -0.368 e. The number of aryl methyl sites for hydroxylation is 4. The summed E-state index contributed by atoms with van der Waals surface area (Å²) in [5.74, 6) is 0. The predicted molar refractivity (Wildman–Crippen MR) is 177 cm³/mol. The average Bonchev–Trinajstić information content (AvgIpc) is 2.99. The standard InChI is InChI=1S/C36H42N4S/c1-25-5-9-31(27(3)21-25)29-7-11-35(33(23-29)39-17-13-37-14-18-39)41-36-12-8-30(32-10-6-26(2)22-28(32)4)24-34(36)40-19-15-38-16-20-40/h5-12,21-24,37-38H,13-20H2,1-4H3. The van der Waals surface area contributed by atoms with Crippen LogP contribution in [0.25, 0.3) is 22.3 Å². The molecule has 0 saturated carbocycles. The summed E-state index contributed by atoms with van der Waals surface area (Å²) < 4.78 is 0. The Balaban J connectivity index is 1.41. The van der Waals surface area contributed by atoms with Gasteiger partial charge in [0.25, 0.3) is 0 Å². The number of nitrogens with one attached hydrogen (secondary N) is 2. The second kappa shape index (κ2) is 12.3. The second-order valence-corrected chi connectivity index (χ2v) is 12.7. The SMILES string of the molecule is Cc1ccc(-c2ccc(Sc3ccc(-c4ccc(C)cc4C)cc3N3CCNCC3)c(N3CCNCC3)c2)c(C)c1. The van der Waals surface area contributed by atoms with Crippen molar-refractivity contribution in [3.05, 3.63) is 95.1 Å². The maximum Gasteiger partial charge on any atom is 0.0515 e. The maximum atomic E-state index is 3.54. The second-order valence-electron chi connectivity index (χ2n) is 11.6. The molecule has 212 valence electrons. The fourth-order valence-corrected chi connectivity index (χ4v) is 7.34. The lowest BCUT2D eigenvalue weighted by Gasteiger charge is -2.33. The fraction of sp³-hybridized carbons (Fsp3) is 0.333. The van der Waals surface area contributed by atoms with Crippen LogP contribution in [0.1, 0.15) is 22.3 Å². The van der Waals surface area contributed by atoms with Crippen molar-refractivity contribution in [2.75, 3.05) is 62.2 Å². The molecule has 0 aliphatic carbocycles. The minimum absolute atomic E-state index is 1.02. The van der Waals surface area contributed by atoms with Crippen molar-refractivity contribution in [3.8, 4) is 22.3 Å². The molecule has 2 fully saturated rings. The van der Waals surface area contributed by atoms with E-state index in [4.69, 9.17) is 0 Å². The highest BCUT2D eigenvalue weighted by Crippen LogP contribution is 2.44. The van der Waals surface area contributed by atoms with Crippen LogP contribution < -0.4 is 20.4 Å². The first-order valence-corrected chi connectivity index (χ1v) is 15.8. The molecule has 0 amide bonds. The molecule has 0 radical (unpaired) electrons. The topological polar surface area (TPSA) is 30.5 Å². The van der Waals surface area contributed by atoms with E-state index in [0.29, 0.717) is 0 Å². The van der Waals surface area contributed by atoms with E-state index in [1.165, 1.54) is 65.7 Å². The smallest absolute Gasteiger partial charge is 0.0515 e. The first-order chi connectivity index (χ1) is 20.0. The van der Waals surface area contributed by atoms with Crippen molar-refractivity contribution in [3.63, 3.8) is 0 Å². The van der Waals surface area contributed by atoms with Crippen molar-refractivity contribution in [2.24, 2.45) is 0 Å². The Morgan fingerprint density at radius 2 is 0.927 bits per heavy atom. The van der Waals surface area contributed by atoms with Gasteiger partial charge in [-0.2, -0.15) is 0 Å². The van der Waals surface area contributed by atoms with Gasteiger partial charge in [0.15, 0.2) is 0 Å². The molecule has 2 heterocycles. The molecule has 5 heteroatoms. The summed E-state index contributed by atoms with van der Waals surface area (Å²) in [6, 6.07) is 27.8. The molecule has 2 N–H and O–H groups in total. The van der Waals surface area contributed by atoms with Crippen LogP contribution in [0, 0.1) is 27.7 Å². The number of piperazine rings is 2. The Hall–Kier alpha value is -3.25. The Morgan fingerprint density at radius 3 is 1.32 bits per heavy atom. The third kappa shape index (κ3) is 6.18. The maximum absolute atomic E-state index is 3.54. The van der Waals surface area contributed by atoms with Gasteiger partial charge in [-0.15, -0.1) is 0 Å². The van der Waals surface area contributed by atoms with Crippen LogP contribution in [0.3, 0.4) is 0 Å². The summed E-state index contributed by atoms with van der Waals surface area (Å²) in [6.45, 7) is 17.0. The van der Waals surface area contributed by atoms with Crippen molar-refractivity contribution < 1.29 is 0 Å². The quantitative estimate of drug-likeness (QED) is 0.259. The van der Waals surface area contributed by atoms with Gasteiger partial charge in [-0.3, -0.25) is 0 Å². The van der Waals surface area contributed by atoms with Gasteiger partial charge in [0, 0.05) is 62.1 Å². The van der Waals surface area contributed by atoms with Crippen LogP contribution in [-0.2, 0) is 0 Å². The number of anilines is 2. The van der Waals surface area contributed by atoms with Gasteiger partial charge in [0.05, 0.1) is 11.4 Å². The number of hydrogen-bond acceptors (Lipinski definition) is 5. The van der Waals surface area contributed by atoms with E-state index in [0.717, 1.165) is 52.4 Å². The number of nitrogens with zero attached hydrogens (tertiary/aromatic N) is 2. The molecule has 4 aromatic rings. The summed E-state index contributed by atoms with van der Waals surface area (Å²) in [4.78, 5) is 7.80. The van der Waals surface area contributed by atoms with Gasteiger partial charge >= 0.3 is 0 Å². The zero-order valence-electron chi connectivity index (χ0n) is 24.9. The first kappa shape index (κ1) is 27.9. The normalized spacial score (nSPS) is 15.8. The van der Waals surface area contributed by atoms with E-state index in [-0.39, 0.29) is 0 Å². The molecule has 2 aliphatic heterocycles. The summed E-state index contributed by atoms with van der Waals surface area (Å²) in [5, 5.41) is 7.07. The molecule has 4 nitrogen and oxygen atoms in total. The molecule has 0 spiro atoms. The van der Waals surface area contributed by atoms with E-state index in [1.807, 2.05) is 11.8 Å². The van der Waals surface area contributed by atoms with Crippen LogP contribution in [0.5, 0.6) is 0 Å². The van der Waals surface area contributed by atoms with E-state index >= 15 is 0 Å². The first-order valence-electron chi connectivity index (χ1n) is 15.0. The summed E-state index contributed by atoms with van der Waals surface area (Å²) in [5.41, 5.74) is 13.2. The van der Waals surface area contributed by atoms with Gasteiger partial charge in [0.2, 0.25) is 0 Å². The van der Waals surface area contributed by atoms with E-state index in [2.05, 4.69) is 121 Å². The van der Waals surface area contributed by atoms with Gasteiger partial charge in [-0.1, -0.05) is 71.4 Å². The molecule has 6 rings (SSSR count). The van der Waals surface area contributed by atoms with Crippen molar-refractivity contribution >= 4 is 23.1 Å². The summed E-state index contributed by atoms with van der Waals surface area (Å²) in [7, 11) is 0. The van der Waals surface area contributed by atoms with E-state index < -0.39 is 0 Å². The van der Waals surface area contributed by atoms with Crippen LogP contribution in [0.4, 0.5) is 11.4 Å². The Bertz CT molecular complexity index is 1420. The molecule has 0 aromatic heterocycles. The Labute approximate surface area is 250 Å². The average molecular weight is 563 g/mol. The van der Waals surface area contributed by atoms with Gasteiger partial charge in [-0.25, -0.2) is 0 Å². The van der Waals surface area contributed by atoms with Crippen molar-refractivity contribution in [2.45, 2.75) is 37.5 Å². The highest BCUT2D eigenvalue weighted by Gasteiger charge is 2.21. The molecule has 0 unspecified atom stereocenters. The lowest BCUT2D eigenvalue weighted by Crippen LogP contribution is -2.44.